The Morgan fingerprint density at radius 1 is 1.14 bits per heavy atom. The Labute approximate surface area is 172 Å². The number of para-hydroxylation sites is 1. The van der Waals surface area contributed by atoms with E-state index in [1.807, 2.05) is 11.1 Å². The predicted octanol–water partition coefficient (Wildman–Crippen LogP) is 2.63. The Morgan fingerprint density at radius 3 is 3.03 bits per heavy atom. The van der Waals surface area contributed by atoms with Gasteiger partial charge in [-0.05, 0) is 37.3 Å². The van der Waals surface area contributed by atoms with Crippen molar-refractivity contribution in [1.29, 1.82) is 0 Å². The molecule has 1 aromatic carbocycles. The zero-order chi connectivity index (χ0) is 19.6. The third-order valence-corrected chi connectivity index (χ3v) is 6.50. The third-order valence-electron chi connectivity index (χ3n) is 6.50. The summed E-state index contributed by atoms with van der Waals surface area (Å²) in [6, 6.07) is 8.64. The molecule has 5 rings (SSSR count). The minimum absolute atomic E-state index is 0.0383. The SMILES string of the molecule is O=C(CCN1CCCc2ccccc21)N1CCCC1c1ncc2c(n1)CCNC2. The summed E-state index contributed by atoms with van der Waals surface area (Å²) in [6.07, 6.45) is 7.75. The predicted molar refractivity (Wildman–Crippen MR) is 113 cm³/mol. The van der Waals surface area contributed by atoms with Crippen molar-refractivity contribution in [3.8, 4) is 0 Å². The van der Waals surface area contributed by atoms with Gasteiger partial charge < -0.3 is 15.1 Å². The molecular formula is C23H29N5O. The van der Waals surface area contributed by atoms with Crippen molar-refractivity contribution in [1.82, 2.24) is 20.2 Å². The first-order valence-electron chi connectivity index (χ1n) is 11.0. The fourth-order valence-corrected chi connectivity index (χ4v) is 4.96. The largest absolute Gasteiger partial charge is 0.371 e. The van der Waals surface area contributed by atoms with E-state index in [0.29, 0.717) is 6.42 Å². The van der Waals surface area contributed by atoms with Crippen LogP contribution in [0.5, 0.6) is 0 Å². The minimum Gasteiger partial charge on any atom is -0.371 e. The second-order valence-electron chi connectivity index (χ2n) is 8.34. The zero-order valence-corrected chi connectivity index (χ0v) is 16.9. The highest BCUT2D eigenvalue weighted by molar-refractivity contribution is 5.77. The molecule has 0 aliphatic carbocycles. The normalized spacial score (nSPS) is 21.0. The molecule has 3 aliphatic rings. The van der Waals surface area contributed by atoms with Crippen LogP contribution in [0.25, 0.3) is 0 Å². The smallest absolute Gasteiger partial charge is 0.224 e. The highest BCUT2D eigenvalue weighted by atomic mass is 16.2. The van der Waals surface area contributed by atoms with Gasteiger partial charge in [-0.3, -0.25) is 4.79 Å². The molecule has 4 heterocycles. The first-order chi connectivity index (χ1) is 14.3. The Kier molecular flexibility index (Phi) is 5.19. The second kappa shape index (κ2) is 8.11. The van der Waals surface area contributed by atoms with Crippen LogP contribution >= 0.6 is 0 Å². The van der Waals surface area contributed by atoms with E-state index in [-0.39, 0.29) is 11.9 Å². The molecule has 29 heavy (non-hydrogen) atoms. The lowest BCUT2D eigenvalue weighted by Crippen LogP contribution is -2.37. The Hall–Kier alpha value is -2.47. The zero-order valence-electron chi connectivity index (χ0n) is 16.9. The number of benzene rings is 1. The lowest BCUT2D eigenvalue weighted by molar-refractivity contribution is -0.132. The van der Waals surface area contributed by atoms with Crippen molar-refractivity contribution in [2.45, 2.75) is 51.1 Å². The summed E-state index contributed by atoms with van der Waals surface area (Å²) in [7, 11) is 0. The van der Waals surface area contributed by atoms with E-state index in [1.165, 1.54) is 16.8 Å². The van der Waals surface area contributed by atoms with Crippen molar-refractivity contribution in [3.63, 3.8) is 0 Å². The molecule has 6 heteroatoms. The van der Waals surface area contributed by atoms with Gasteiger partial charge in [0.15, 0.2) is 5.82 Å². The van der Waals surface area contributed by atoms with Gasteiger partial charge in [0.1, 0.15) is 0 Å². The van der Waals surface area contributed by atoms with Gasteiger partial charge in [0.05, 0.1) is 6.04 Å². The van der Waals surface area contributed by atoms with Crippen molar-refractivity contribution < 1.29 is 4.79 Å². The van der Waals surface area contributed by atoms with Crippen LogP contribution < -0.4 is 10.2 Å². The number of amides is 1. The number of nitrogens with one attached hydrogen (secondary N) is 1. The lowest BCUT2D eigenvalue weighted by Gasteiger charge is -2.32. The maximum atomic E-state index is 13.1. The molecule has 1 saturated heterocycles. The number of hydrogen-bond donors (Lipinski definition) is 1. The van der Waals surface area contributed by atoms with E-state index in [9.17, 15) is 4.79 Å². The number of anilines is 1. The molecule has 1 unspecified atom stereocenters. The van der Waals surface area contributed by atoms with Crippen LogP contribution in [-0.2, 0) is 24.2 Å². The van der Waals surface area contributed by atoms with E-state index >= 15 is 0 Å². The summed E-state index contributed by atoms with van der Waals surface area (Å²) in [5.41, 5.74) is 5.05. The number of hydrogen-bond acceptors (Lipinski definition) is 5. The van der Waals surface area contributed by atoms with Gasteiger partial charge in [0.25, 0.3) is 0 Å². The van der Waals surface area contributed by atoms with Crippen molar-refractivity contribution in [2.24, 2.45) is 0 Å². The summed E-state index contributed by atoms with van der Waals surface area (Å²) < 4.78 is 0. The molecule has 1 atom stereocenters. The van der Waals surface area contributed by atoms with E-state index < -0.39 is 0 Å². The van der Waals surface area contributed by atoms with E-state index in [2.05, 4.69) is 39.5 Å². The van der Waals surface area contributed by atoms with Gasteiger partial charge >= 0.3 is 0 Å². The molecular weight excluding hydrogens is 362 g/mol. The van der Waals surface area contributed by atoms with Gasteiger partial charge in [0.2, 0.25) is 5.91 Å². The standard InChI is InChI=1S/C23H29N5O/c29-22(10-14-27-12-3-6-17-5-1-2-7-20(17)27)28-13-4-8-21(28)23-25-16-18-15-24-11-9-19(18)26-23/h1-2,5,7,16,21,24H,3-4,6,8-15H2. The Morgan fingerprint density at radius 2 is 2.07 bits per heavy atom. The average molecular weight is 392 g/mol. The number of rotatable bonds is 4. The number of aromatic nitrogens is 2. The Bertz CT molecular complexity index is 899. The van der Waals surface area contributed by atoms with Gasteiger partial charge in [-0.1, -0.05) is 18.2 Å². The number of nitrogens with zero attached hydrogens (tertiary/aromatic N) is 4. The van der Waals surface area contributed by atoms with Crippen LogP contribution in [0.15, 0.2) is 30.5 Å². The molecule has 1 aromatic heterocycles. The molecule has 2 aromatic rings. The van der Waals surface area contributed by atoms with Crippen LogP contribution in [0, 0.1) is 0 Å². The monoisotopic (exact) mass is 391 g/mol. The molecule has 1 amide bonds. The molecule has 0 bridgehead atoms. The first kappa shape index (κ1) is 18.6. The molecule has 0 saturated carbocycles. The molecule has 0 spiro atoms. The molecule has 0 radical (unpaired) electrons. The summed E-state index contributed by atoms with van der Waals surface area (Å²) >= 11 is 0. The van der Waals surface area contributed by atoms with Crippen molar-refractivity contribution >= 4 is 11.6 Å². The molecule has 6 nitrogen and oxygen atoms in total. The lowest BCUT2D eigenvalue weighted by atomic mass is 10.0. The molecule has 3 aliphatic heterocycles. The number of likely N-dealkylation sites (tertiary alicyclic amines) is 1. The van der Waals surface area contributed by atoms with Crippen molar-refractivity contribution in [3.05, 3.63) is 53.1 Å². The first-order valence-corrected chi connectivity index (χ1v) is 11.0. The number of fused-ring (bicyclic) bond motifs is 2. The fourth-order valence-electron chi connectivity index (χ4n) is 4.96. The van der Waals surface area contributed by atoms with E-state index in [0.717, 1.165) is 76.3 Å². The summed E-state index contributed by atoms with van der Waals surface area (Å²) in [5.74, 6) is 1.07. The van der Waals surface area contributed by atoms with Gasteiger partial charge in [-0.25, -0.2) is 9.97 Å². The van der Waals surface area contributed by atoms with Crippen molar-refractivity contribution in [2.75, 3.05) is 31.1 Å². The van der Waals surface area contributed by atoms with E-state index in [4.69, 9.17) is 4.98 Å². The highest BCUT2D eigenvalue weighted by Crippen LogP contribution is 2.32. The number of aryl methyl sites for hydroxylation is 1. The van der Waals surface area contributed by atoms with Crippen LogP contribution in [0.2, 0.25) is 0 Å². The summed E-state index contributed by atoms with van der Waals surface area (Å²) in [6.45, 7) is 4.46. The summed E-state index contributed by atoms with van der Waals surface area (Å²) in [4.78, 5) is 27.0. The number of carbonyl (C=O) groups excluding carboxylic acids is 1. The van der Waals surface area contributed by atoms with Gasteiger partial charge in [0, 0.05) is 68.7 Å². The molecule has 1 fully saturated rings. The minimum atomic E-state index is 0.0383. The Balaban J connectivity index is 1.26. The second-order valence-corrected chi connectivity index (χ2v) is 8.34. The van der Waals surface area contributed by atoms with Gasteiger partial charge in [-0.15, -0.1) is 0 Å². The highest BCUT2D eigenvalue weighted by Gasteiger charge is 2.32. The van der Waals surface area contributed by atoms with Gasteiger partial charge in [-0.2, -0.15) is 0 Å². The summed E-state index contributed by atoms with van der Waals surface area (Å²) in [5, 5.41) is 3.36. The number of carbonyl (C=O) groups is 1. The van der Waals surface area contributed by atoms with E-state index in [1.54, 1.807) is 0 Å². The topological polar surface area (TPSA) is 61.4 Å². The average Bonchev–Trinajstić information content (AvgIpc) is 3.27. The third kappa shape index (κ3) is 3.73. The fraction of sp³-hybridized carbons (Fsp3) is 0.522. The molecule has 152 valence electrons. The maximum Gasteiger partial charge on any atom is 0.224 e. The van der Waals surface area contributed by atoms with Crippen LogP contribution in [0.4, 0.5) is 5.69 Å². The van der Waals surface area contributed by atoms with Crippen LogP contribution in [0.1, 0.15) is 54.4 Å². The van der Waals surface area contributed by atoms with Crippen LogP contribution in [-0.4, -0.2) is 47.0 Å². The quantitative estimate of drug-likeness (QED) is 0.868. The van der Waals surface area contributed by atoms with Crippen LogP contribution in [0.3, 0.4) is 0 Å². The maximum absolute atomic E-state index is 13.1. The molecule has 1 N–H and O–H groups in total.